The van der Waals surface area contributed by atoms with Gasteiger partial charge in [0.15, 0.2) is 0 Å². The largest absolute Gasteiger partial charge is 0.377 e. The average molecular weight is 212 g/mol. The van der Waals surface area contributed by atoms with Crippen molar-refractivity contribution in [3.8, 4) is 0 Å². The minimum Gasteiger partial charge on any atom is -0.377 e. The third-order valence-corrected chi connectivity index (χ3v) is 3.48. The Morgan fingerprint density at radius 3 is 2.93 bits per heavy atom. The first kappa shape index (κ1) is 11.4. The van der Waals surface area contributed by atoms with E-state index in [4.69, 9.17) is 4.74 Å². The number of hydrogen-bond acceptors (Lipinski definition) is 3. The average Bonchev–Trinajstić information content (AvgIpc) is 2.79. The lowest BCUT2D eigenvalue weighted by Gasteiger charge is -2.23. The van der Waals surface area contributed by atoms with Gasteiger partial charge in [-0.2, -0.15) is 0 Å². The molecular formula is C12H24N2O. The molecule has 2 saturated heterocycles. The van der Waals surface area contributed by atoms with E-state index in [1.165, 1.54) is 45.1 Å². The lowest BCUT2D eigenvalue weighted by molar-refractivity contribution is 0.0170. The summed E-state index contributed by atoms with van der Waals surface area (Å²) < 4.78 is 5.67. The van der Waals surface area contributed by atoms with Crippen molar-refractivity contribution in [1.82, 2.24) is 10.6 Å². The monoisotopic (exact) mass is 212 g/mol. The molecule has 2 rings (SSSR count). The van der Waals surface area contributed by atoms with Crippen molar-refractivity contribution in [3.63, 3.8) is 0 Å². The van der Waals surface area contributed by atoms with Crippen LogP contribution < -0.4 is 10.6 Å². The van der Waals surface area contributed by atoms with Gasteiger partial charge in [0.2, 0.25) is 0 Å². The van der Waals surface area contributed by atoms with Crippen LogP contribution in [0.5, 0.6) is 0 Å². The van der Waals surface area contributed by atoms with Gasteiger partial charge in [-0.25, -0.2) is 0 Å². The fraction of sp³-hybridized carbons (Fsp3) is 1.00. The highest BCUT2D eigenvalue weighted by molar-refractivity contribution is 4.75. The van der Waals surface area contributed by atoms with Crippen LogP contribution in [0.1, 0.15) is 38.5 Å². The summed E-state index contributed by atoms with van der Waals surface area (Å²) in [6.45, 7) is 4.37. The Balaban J connectivity index is 1.47. The summed E-state index contributed by atoms with van der Waals surface area (Å²) in [6.07, 6.45) is 8.31. The van der Waals surface area contributed by atoms with E-state index in [1.807, 2.05) is 0 Å². The van der Waals surface area contributed by atoms with E-state index >= 15 is 0 Å². The molecule has 15 heavy (non-hydrogen) atoms. The maximum absolute atomic E-state index is 5.67. The maximum atomic E-state index is 5.67. The van der Waals surface area contributed by atoms with E-state index in [2.05, 4.69) is 10.6 Å². The van der Waals surface area contributed by atoms with Crippen molar-refractivity contribution >= 4 is 0 Å². The SMILES string of the molecule is C1CCC(CNCCC2CCCN2)OC1. The van der Waals surface area contributed by atoms with Crippen LogP contribution in [0.25, 0.3) is 0 Å². The molecule has 0 aliphatic carbocycles. The molecule has 0 aromatic heterocycles. The zero-order valence-electron chi connectivity index (χ0n) is 9.63. The van der Waals surface area contributed by atoms with Crippen molar-refractivity contribution in [3.05, 3.63) is 0 Å². The molecule has 0 aromatic rings. The Morgan fingerprint density at radius 2 is 2.20 bits per heavy atom. The lowest BCUT2D eigenvalue weighted by atomic mass is 10.1. The fourth-order valence-corrected chi connectivity index (χ4v) is 2.51. The molecule has 0 amide bonds. The third-order valence-electron chi connectivity index (χ3n) is 3.48. The van der Waals surface area contributed by atoms with Gasteiger partial charge in [-0.15, -0.1) is 0 Å². The first-order valence-corrected chi connectivity index (χ1v) is 6.51. The van der Waals surface area contributed by atoms with E-state index in [1.54, 1.807) is 0 Å². The molecule has 2 aliphatic heterocycles. The molecule has 2 fully saturated rings. The predicted molar refractivity (Wildman–Crippen MR) is 62.1 cm³/mol. The molecule has 88 valence electrons. The van der Waals surface area contributed by atoms with E-state index < -0.39 is 0 Å². The van der Waals surface area contributed by atoms with Gasteiger partial charge in [-0.05, 0) is 51.6 Å². The highest BCUT2D eigenvalue weighted by Crippen LogP contribution is 2.12. The molecule has 2 N–H and O–H groups in total. The van der Waals surface area contributed by atoms with Gasteiger partial charge in [0.05, 0.1) is 6.10 Å². The normalized spacial score (nSPS) is 32.0. The maximum Gasteiger partial charge on any atom is 0.0699 e. The van der Waals surface area contributed by atoms with Crippen molar-refractivity contribution in [2.75, 3.05) is 26.2 Å². The van der Waals surface area contributed by atoms with E-state index in [0.717, 1.165) is 25.7 Å². The van der Waals surface area contributed by atoms with Gasteiger partial charge < -0.3 is 15.4 Å². The number of ether oxygens (including phenoxy) is 1. The van der Waals surface area contributed by atoms with E-state index in [0.29, 0.717) is 6.10 Å². The molecule has 2 aliphatic rings. The molecule has 3 nitrogen and oxygen atoms in total. The third kappa shape index (κ3) is 4.09. The topological polar surface area (TPSA) is 33.3 Å². The Kier molecular flexibility index (Phi) is 4.90. The predicted octanol–water partition coefficient (Wildman–Crippen LogP) is 1.29. The van der Waals surface area contributed by atoms with Gasteiger partial charge >= 0.3 is 0 Å². The van der Waals surface area contributed by atoms with Crippen LogP contribution in [-0.2, 0) is 4.74 Å². The van der Waals surface area contributed by atoms with Crippen LogP contribution in [0.3, 0.4) is 0 Å². The van der Waals surface area contributed by atoms with Crippen molar-refractivity contribution < 1.29 is 4.74 Å². The van der Waals surface area contributed by atoms with Crippen LogP contribution in [0, 0.1) is 0 Å². The van der Waals surface area contributed by atoms with E-state index in [9.17, 15) is 0 Å². The van der Waals surface area contributed by atoms with Crippen LogP contribution in [-0.4, -0.2) is 38.4 Å². The summed E-state index contributed by atoms with van der Waals surface area (Å²) in [5.41, 5.74) is 0. The minimum atomic E-state index is 0.482. The Bertz CT molecular complexity index is 163. The molecule has 0 saturated carbocycles. The van der Waals surface area contributed by atoms with Crippen LogP contribution >= 0.6 is 0 Å². The van der Waals surface area contributed by atoms with E-state index in [-0.39, 0.29) is 0 Å². The van der Waals surface area contributed by atoms with Crippen molar-refractivity contribution in [2.45, 2.75) is 50.7 Å². The number of hydrogen-bond donors (Lipinski definition) is 2. The van der Waals surface area contributed by atoms with Gasteiger partial charge in [-0.3, -0.25) is 0 Å². The fourth-order valence-electron chi connectivity index (χ4n) is 2.51. The minimum absolute atomic E-state index is 0.482. The van der Waals surface area contributed by atoms with Crippen LogP contribution in [0.15, 0.2) is 0 Å². The van der Waals surface area contributed by atoms with Gasteiger partial charge in [-0.1, -0.05) is 0 Å². The molecule has 0 aromatic carbocycles. The lowest BCUT2D eigenvalue weighted by Crippen LogP contribution is -2.34. The standard InChI is InChI=1S/C12H24N2O/c1-2-9-15-12(5-1)10-13-8-6-11-4-3-7-14-11/h11-14H,1-10H2. The summed E-state index contributed by atoms with van der Waals surface area (Å²) >= 11 is 0. The summed E-state index contributed by atoms with van der Waals surface area (Å²) in [4.78, 5) is 0. The first-order chi connectivity index (χ1) is 7.45. The number of nitrogens with one attached hydrogen (secondary N) is 2. The second kappa shape index (κ2) is 6.46. The summed E-state index contributed by atoms with van der Waals surface area (Å²) in [5, 5.41) is 7.04. The number of rotatable bonds is 5. The van der Waals surface area contributed by atoms with Crippen LogP contribution in [0.2, 0.25) is 0 Å². The second-order valence-corrected chi connectivity index (χ2v) is 4.77. The van der Waals surface area contributed by atoms with Crippen LogP contribution in [0.4, 0.5) is 0 Å². The molecular weight excluding hydrogens is 188 g/mol. The Morgan fingerprint density at radius 1 is 1.20 bits per heavy atom. The summed E-state index contributed by atoms with van der Waals surface area (Å²) in [5.74, 6) is 0. The van der Waals surface area contributed by atoms with Gasteiger partial charge in [0.1, 0.15) is 0 Å². The zero-order chi connectivity index (χ0) is 10.3. The summed E-state index contributed by atoms with van der Waals surface area (Å²) in [7, 11) is 0. The van der Waals surface area contributed by atoms with Crippen molar-refractivity contribution in [2.24, 2.45) is 0 Å². The molecule has 0 radical (unpaired) electrons. The smallest absolute Gasteiger partial charge is 0.0699 e. The Hall–Kier alpha value is -0.120. The zero-order valence-corrected chi connectivity index (χ0v) is 9.63. The molecule has 3 heteroatoms. The summed E-state index contributed by atoms with van der Waals surface area (Å²) in [6, 6.07) is 0.768. The van der Waals surface area contributed by atoms with Gasteiger partial charge in [0.25, 0.3) is 0 Å². The van der Waals surface area contributed by atoms with Gasteiger partial charge in [0, 0.05) is 19.2 Å². The molecule has 2 heterocycles. The second-order valence-electron chi connectivity index (χ2n) is 4.77. The molecule has 0 bridgehead atoms. The quantitative estimate of drug-likeness (QED) is 0.674. The highest BCUT2D eigenvalue weighted by atomic mass is 16.5. The first-order valence-electron chi connectivity index (χ1n) is 6.51. The van der Waals surface area contributed by atoms with Crippen molar-refractivity contribution in [1.29, 1.82) is 0 Å². The molecule has 2 atom stereocenters. The Labute approximate surface area is 93.0 Å². The molecule has 0 spiro atoms. The molecule has 2 unspecified atom stereocenters. The highest BCUT2D eigenvalue weighted by Gasteiger charge is 2.15.